The first-order valence-corrected chi connectivity index (χ1v) is 8.39. The molecule has 3 aliphatic rings. The summed E-state index contributed by atoms with van der Waals surface area (Å²) in [5, 5.41) is 3.71. The van der Waals surface area contributed by atoms with Crippen molar-refractivity contribution in [1.29, 1.82) is 0 Å². The van der Waals surface area contributed by atoms with Gasteiger partial charge >= 0.3 is 0 Å². The van der Waals surface area contributed by atoms with Crippen LogP contribution in [0.25, 0.3) is 0 Å². The Morgan fingerprint density at radius 3 is 2.38 bits per heavy atom. The lowest BCUT2D eigenvalue weighted by molar-refractivity contribution is -0.177. The van der Waals surface area contributed by atoms with E-state index in [0.29, 0.717) is 11.5 Å². The minimum absolute atomic E-state index is 0.0241. The van der Waals surface area contributed by atoms with Crippen LogP contribution in [0.15, 0.2) is 4.99 Å². The van der Waals surface area contributed by atoms with E-state index in [1.165, 1.54) is 32.2 Å². The third-order valence-corrected chi connectivity index (χ3v) is 6.95. The molecule has 4 nitrogen and oxygen atoms in total. The normalized spacial score (nSPS) is 37.3. The van der Waals surface area contributed by atoms with Gasteiger partial charge in [-0.25, -0.2) is 0 Å². The molecule has 2 unspecified atom stereocenters. The van der Waals surface area contributed by atoms with Crippen molar-refractivity contribution in [3.63, 3.8) is 0 Å². The van der Waals surface area contributed by atoms with Crippen LogP contribution < -0.4 is 5.32 Å². The minimum atomic E-state index is -0.0241. The highest BCUT2D eigenvalue weighted by Crippen LogP contribution is 2.52. The van der Waals surface area contributed by atoms with Crippen LogP contribution in [-0.4, -0.2) is 49.7 Å². The molecule has 4 heteroatoms. The molecule has 0 bridgehead atoms. The molecular formula is C17H31N3O. The SMILES string of the molecule is CN=C(NC1CC(C)(OC)C1(C)C)N1CCC2(CCC2)C1. The number of nitrogens with zero attached hydrogens (tertiary/aromatic N) is 2. The minimum Gasteiger partial charge on any atom is -0.378 e. The van der Waals surface area contributed by atoms with E-state index in [4.69, 9.17) is 4.74 Å². The summed E-state index contributed by atoms with van der Waals surface area (Å²) in [5.41, 5.74) is 0.725. The molecule has 120 valence electrons. The lowest BCUT2D eigenvalue weighted by Crippen LogP contribution is -2.69. The van der Waals surface area contributed by atoms with Gasteiger partial charge in [0.25, 0.3) is 0 Å². The van der Waals surface area contributed by atoms with Gasteiger partial charge < -0.3 is 15.0 Å². The molecule has 1 N–H and O–H groups in total. The van der Waals surface area contributed by atoms with Crippen LogP contribution in [0.2, 0.25) is 0 Å². The Kier molecular flexibility index (Phi) is 3.51. The van der Waals surface area contributed by atoms with Crippen LogP contribution in [0.5, 0.6) is 0 Å². The third-order valence-electron chi connectivity index (χ3n) is 6.95. The molecule has 0 aromatic heterocycles. The van der Waals surface area contributed by atoms with Gasteiger partial charge in [0, 0.05) is 38.7 Å². The van der Waals surface area contributed by atoms with E-state index in [0.717, 1.165) is 18.9 Å². The molecule has 3 rings (SSSR count). The summed E-state index contributed by atoms with van der Waals surface area (Å²) in [6.07, 6.45) is 6.64. The lowest BCUT2D eigenvalue weighted by Gasteiger charge is -2.59. The molecule has 0 radical (unpaired) electrons. The second-order valence-electron chi connectivity index (χ2n) is 8.13. The largest absolute Gasteiger partial charge is 0.378 e. The molecule has 1 spiro atoms. The Labute approximate surface area is 129 Å². The molecule has 2 aliphatic carbocycles. The summed E-state index contributed by atoms with van der Waals surface area (Å²) < 4.78 is 5.73. The molecule has 3 fully saturated rings. The number of nitrogens with one attached hydrogen (secondary N) is 1. The van der Waals surface area contributed by atoms with E-state index in [1.807, 2.05) is 14.2 Å². The zero-order chi connectivity index (χ0) is 15.3. The third kappa shape index (κ3) is 2.18. The van der Waals surface area contributed by atoms with E-state index < -0.39 is 0 Å². The van der Waals surface area contributed by atoms with Gasteiger partial charge in [-0.3, -0.25) is 4.99 Å². The Balaban J connectivity index is 1.62. The highest BCUT2D eigenvalue weighted by molar-refractivity contribution is 5.81. The van der Waals surface area contributed by atoms with Gasteiger partial charge in [-0.1, -0.05) is 20.3 Å². The number of aliphatic imine (C=N–C) groups is 1. The van der Waals surface area contributed by atoms with E-state index in [-0.39, 0.29) is 11.0 Å². The highest BCUT2D eigenvalue weighted by atomic mass is 16.5. The first-order valence-electron chi connectivity index (χ1n) is 8.39. The number of hydrogen-bond donors (Lipinski definition) is 1. The second kappa shape index (κ2) is 4.87. The number of guanidine groups is 1. The Hall–Kier alpha value is -0.770. The van der Waals surface area contributed by atoms with Crippen LogP contribution in [0, 0.1) is 10.8 Å². The standard InChI is InChI=1S/C17H31N3O/c1-15(2)13(11-16(15,3)21-5)19-14(18-4)20-10-9-17(12-20)7-6-8-17/h13H,6-12H2,1-5H3,(H,18,19). The van der Waals surface area contributed by atoms with Crippen LogP contribution in [0.3, 0.4) is 0 Å². The molecule has 1 aliphatic heterocycles. The highest BCUT2D eigenvalue weighted by Gasteiger charge is 2.58. The van der Waals surface area contributed by atoms with Gasteiger partial charge in [0.15, 0.2) is 5.96 Å². The van der Waals surface area contributed by atoms with Crippen LogP contribution in [-0.2, 0) is 4.74 Å². The van der Waals surface area contributed by atoms with Crippen molar-refractivity contribution in [2.24, 2.45) is 15.8 Å². The van der Waals surface area contributed by atoms with Crippen LogP contribution in [0.1, 0.15) is 52.9 Å². The zero-order valence-corrected chi connectivity index (χ0v) is 14.3. The van der Waals surface area contributed by atoms with Gasteiger partial charge in [-0.05, 0) is 38.0 Å². The molecule has 21 heavy (non-hydrogen) atoms. The average molecular weight is 293 g/mol. The van der Waals surface area contributed by atoms with Crippen molar-refractivity contribution < 1.29 is 4.74 Å². The van der Waals surface area contributed by atoms with Crippen molar-refractivity contribution in [3.05, 3.63) is 0 Å². The predicted octanol–water partition coefficient (Wildman–Crippen LogP) is 2.64. The fraction of sp³-hybridized carbons (Fsp3) is 0.941. The summed E-state index contributed by atoms with van der Waals surface area (Å²) in [5.74, 6) is 1.09. The molecule has 0 aromatic carbocycles. The maximum atomic E-state index is 5.73. The number of likely N-dealkylation sites (tertiary alicyclic amines) is 1. The summed E-state index contributed by atoms with van der Waals surface area (Å²) in [6, 6.07) is 0.444. The van der Waals surface area contributed by atoms with Gasteiger partial charge in [0.2, 0.25) is 0 Å². The topological polar surface area (TPSA) is 36.9 Å². The maximum Gasteiger partial charge on any atom is 0.193 e. The summed E-state index contributed by atoms with van der Waals surface area (Å²) in [4.78, 5) is 7.02. The van der Waals surface area contributed by atoms with Gasteiger partial charge in [0.05, 0.1) is 5.60 Å². The van der Waals surface area contributed by atoms with Gasteiger partial charge in [-0.15, -0.1) is 0 Å². The second-order valence-corrected chi connectivity index (χ2v) is 8.13. The predicted molar refractivity (Wildman–Crippen MR) is 86.6 cm³/mol. The van der Waals surface area contributed by atoms with E-state index in [1.54, 1.807) is 0 Å². The molecule has 2 saturated carbocycles. The Bertz CT molecular complexity index is 441. The number of ether oxygens (including phenoxy) is 1. The zero-order valence-electron chi connectivity index (χ0n) is 14.3. The van der Waals surface area contributed by atoms with Crippen LogP contribution >= 0.6 is 0 Å². The van der Waals surface area contributed by atoms with Crippen molar-refractivity contribution >= 4 is 5.96 Å². The van der Waals surface area contributed by atoms with Crippen molar-refractivity contribution in [2.75, 3.05) is 27.2 Å². The quantitative estimate of drug-likeness (QED) is 0.628. The first kappa shape index (κ1) is 15.1. The molecule has 1 saturated heterocycles. The van der Waals surface area contributed by atoms with Gasteiger partial charge in [0.1, 0.15) is 0 Å². The summed E-state index contributed by atoms with van der Waals surface area (Å²) in [6.45, 7) is 9.16. The number of methoxy groups -OCH3 is 1. The van der Waals surface area contributed by atoms with Crippen molar-refractivity contribution in [3.8, 4) is 0 Å². The number of hydrogen-bond acceptors (Lipinski definition) is 2. The fourth-order valence-corrected chi connectivity index (χ4v) is 4.38. The molecule has 0 aromatic rings. The van der Waals surface area contributed by atoms with E-state index >= 15 is 0 Å². The molecule has 0 amide bonds. The van der Waals surface area contributed by atoms with Crippen molar-refractivity contribution in [1.82, 2.24) is 10.2 Å². The first-order chi connectivity index (χ1) is 9.86. The van der Waals surface area contributed by atoms with Crippen molar-refractivity contribution in [2.45, 2.75) is 64.5 Å². The Morgan fingerprint density at radius 2 is 1.95 bits per heavy atom. The fourth-order valence-electron chi connectivity index (χ4n) is 4.38. The van der Waals surface area contributed by atoms with E-state index in [9.17, 15) is 0 Å². The lowest BCUT2D eigenvalue weighted by atomic mass is 9.56. The summed E-state index contributed by atoms with van der Waals surface area (Å²) >= 11 is 0. The Morgan fingerprint density at radius 1 is 1.24 bits per heavy atom. The maximum absolute atomic E-state index is 5.73. The average Bonchev–Trinajstić information content (AvgIpc) is 2.88. The molecule has 2 atom stereocenters. The van der Waals surface area contributed by atoms with E-state index in [2.05, 4.69) is 36.0 Å². The molecular weight excluding hydrogens is 262 g/mol. The number of rotatable bonds is 2. The smallest absolute Gasteiger partial charge is 0.193 e. The molecule has 1 heterocycles. The van der Waals surface area contributed by atoms with Gasteiger partial charge in [-0.2, -0.15) is 0 Å². The summed E-state index contributed by atoms with van der Waals surface area (Å²) in [7, 11) is 3.74. The monoisotopic (exact) mass is 293 g/mol. The van der Waals surface area contributed by atoms with Crippen LogP contribution in [0.4, 0.5) is 0 Å².